The summed E-state index contributed by atoms with van der Waals surface area (Å²) in [5.41, 5.74) is 1.27. The molecule has 0 bridgehead atoms. The minimum absolute atomic E-state index is 0.00269. The summed E-state index contributed by atoms with van der Waals surface area (Å²) in [6, 6.07) is 10.9. The van der Waals surface area contributed by atoms with E-state index in [1.165, 1.54) is 24.3 Å². The zero-order valence-corrected chi connectivity index (χ0v) is 16.0. The summed E-state index contributed by atoms with van der Waals surface area (Å²) < 4.78 is 18.7. The van der Waals surface area contributed by atoms with Crippen molar-refractivity contribution in [1.29, 1.82) is 0 Å². The molecule has 7 heteroatoms. The van der Waals surface area contributed by atoms with Crippen LogP contribution in [0.1, 0.15) is 28.3 Å². The van der Waals surface area contributed by atoms with Gasteiger partial charge in [-0.25, -0.2) is 4.39 Å². The highest BCUT2D eigenvalue weighted by Crippen LogP contribution is 2.36. The molecule has 5 nitrogen and oxygen atoms in total. The Morgan fingerprint density at radius 3 is 2.50 bits per heavy atom. The van der Waals surface area contributed by atoms with E-state index < -0.39 is 0 Å². The number of carbonyl (C=O) groups excluding carboxylic acids is 2. The predicted octanol–water partition coefficient (Wildman–Crippen LogP) is 3.33. The Labute approximate surface area is 167 Å². The van der Waals surface area contributed by atoms with Gasteiger partial charge in [-0.15, -0.1) is 0 Å². The second-order valence-electron chi connectivity index (χ2n) is 7.02. The van der Waals surface area contributed by atoms with Crippen molar-refractivity contribution >= 4 is 23.4 Å². The van der Waals surface area contributed by atoms with Crippen LogP contribution in [0.5, 0.6) is 5.75 Å². The van der Waals surface area contributed by atoms with Gasteiger partial charge in [0.15, 0.2) is 0 Å². The van der Waals surface area contributed by atoms with Crippen LogP contribution < -0.4 is 4.74 Å². The van der Waals surface area contributed by atoms with Gasteiger partial charge in [0.1, 0.15) is 24.1 Å². The van der Waals surface area contributed by atoms with Crippen LogP contribution in [0.3, 0.4) is 0 Å². The molecule has 0 N–H and O–H groups in total. The fourth-order valence-electron chi connectivity index (χ4n) is 3.73. The largest absolute Gasteiger partial charge is 0.492 e. The van der Waals surface area contributed by atoms with Crippen molar-refractivity contribution in [2.75, 3.05) is 32.8 Å². The number of halogens is 2. The number of hydrogen-bond acceptors (Lipinski definition) is 3. The summed E-state index contributed by atoms with van der Waals surface area (Å²) in [5.74, 6) is -0.185. The molecule has 2 aliphatic heterocycles. The summed E-state index contributed by atoms with van der Waals surface area (Å²) in [6.07, 6.45) is 0.689. The maximum absolute atomic E-state index is 13.1. The average molecular weight is 403 g/mol. The fourth-order valence-corrected chi connectivity index (χ4v) is 3.91. The molecule has 2 aromatic carbocycles. The molecule has 2 aromatic rings. The smallest absolute Gasteiger partial charge is 0.253 e. The van der Waals surface area contributed by atoms with Gasteiger partial charge >= 0.3 is 0 Å². The predicted molar refractivity (Wildman–Crippen MR) is 103 cm³/mol. The normalized spacial score (nSPS) is 19.0. The van der Waals surface area contributed by atoms with Crippen LogP contribution in [0, 0.1) is 5.82 Å². The number of nitrogens with zero attached hydrogens (tertiary/aromatic N) is 2. The van der Waals surface area contributed by atoms with Crippen LogP contribution in [0.25, 0.3) is 0 Å². The Morgan fingerprint density at radius 1 is 1.00 bits per heavy atom. The SMILES string of the molecule is O=C(c1ccc(F)cc1)N1CCCN(C(=O)C2COc3ccc(Cl)cc32)CC1. The van der Waals surface area contributed by atoms with E-state index in [2.05, 4.69) is 0 Å². The standard InChI is InChI=1S/C21H20ClFN2O3/c22-15-4-7-19-17(12-15)18(13-28-19)21(27)25-9-1-8-24(10-11-25)20(26)14-2-5-16(23)6-3-14/h2-7,12,18H,1,8-11,13H2. The highest BCUT2D eigenvalue weighted by atomic mass is 35.5. The Kier molecular flexibility index (Phi) is 5.22. The van der Waals surface area contributed by atoms with Crippen LogP contribution in [0.15, 0.2) is 42.5 Å². The molecule has 2 heterocycles. The highest BCUT2D eigenvalue weighted by Gasteiger charge is 2.34. The molecule has 0 saturated carbocycles. The van der Waals surface area contributed by atoms with Gasteiger partial charge in [0, 0.05) is 42.3 Å². The zero-order chi connectivity index (χ0) is 19.7. The lowest BCUT2D eigenvalue weighted by molar-refractivity contribution is -0.132. The summed E-state index contributed by atoms with van der Waals surface area (Å²) in [6.45, 7) is 2.35. The van der Waals surface area contributed by atoms with E-state index in [4.69, 9.17) is 16.3 Å². The van der Waals surface area contributed by atoms with Crippen molar-refractivity contribution in [1.82, 2.24) is 9.80 Å². The molecule has 2 amide bonds. The van der Waals surface area contributed by atoms with Crippen LogP contribution in [-0.4, -0.2) is 54.4 Å². The van der Waals surface area contributed by atoms with Gasteiger partial charge in [-0.1, -0.05) is 11.6 Å². The molecule has 1 atom stereocenters. The lowest BCUT2D eigenvalue weighted by Gasteiger charge is -2.24. The molecule has 0 radical (unpaired) electrons. The molecule has 1 fully saturated rings. The third-order valence-electron chi connectivity index (χ3n) is 5.24. The van der Waals surface area contributed by atoms with Gasteiger partial charge in [0.05, 0.1) is 0 Å². The Morgan fingerprint density at radius 2 is 1.71 bits per heavy atom. The second-order valence-corrected chi connectivity index (χ2v) is 7.46. The van der Waals surface area contributed by atoms with Crippen molar-refractivity contribution < 1.29 is 18.7 Å². The monoisotopic (exact) mass is 402 g/mol. The first-order valence-corrected chi connectivity index (χ1v) is 9.66. The van der Waals surface area contributed by atoms with E-state index in [1.54, 1.807) is 28.0 Å². The summed E-state index contributed by atoms with van der Waals surface area (Å²) in [4.78, 5) is 29.2. The first kappa shape index (κ1) is 18.7. The van der Waals surface area contributed by atoms with Crippen LogP contribution in [0.4, 0.5) is 4.39 Å². The average Bonchev–Trinajstić information content (AvgIpc) is 2.95. The molecular formula is C21H20ClFN2O3. The first-order valence-electron chi connectivity index (χ1n) is 9.29. The lowest BCUT2D eigenvalue weighted by Crippen LogP contribution is -2.39. The van der Waals surface area contributed by atoms with E-state index in [1.807, 2.05) is 0 Å². The van der Waals surface area contributed by atoms with Crippen LogP contribution >= 0.6 is 11.6 Å². The number of amides is 2. The molecule has 0 aromatic heterocycles. The van der Waals surface area contributed by atoms with E-state index in [0.717, 1.165) is 5.56 Å². The summed E-state index contributed by atoms with van der Waals surface area (Å²) in [5, 5.41) is 0.578. The minimum Gasteiger partial charge on any atom is -0.492 e. The Balaban J connectivity index is 1.43. The maximum Gasteiger partial charge on any atom is 0.253 e. The molecule has 4 rings (SSSR count). The first-order chi connectivity index (χ1) is 13.5. The van der Waals surface area contributed by atoms with Gasteiger partial charge in [-0.2, -0.15) is 0 Å². The summed E-state index contributed by atoms with van der Waals surface area (Å²) in [7, 11) is 0. The third-order valence-corrected chi connectivity index (χ3v) is 5.47. The zero-order valence-electron chi connectivity index (χ0n) is 15.2. The van der Waals surface area contributed by atoms with Crippen LogP contribution in [-0.2, 0) is 4.79 Å². The second kappa shape index (κ2) is 7.80. The van der Waals surface area contributed by atoms with Crippen molar-refractivity contribution in [3.05, 3.63) is 64.4 Å². The number of benzene rings is 2. The Hall–Kier alpha value is -2.60. The van der Waals surface area contributed by atoms with Crippen molar-refractivity contribution in [3.8, 4) is 5.75 Å². The summed E-state index contributed by atoms with van der Waals surface area (Å²) >= 11 is 6.08. The van der Waals surface area contributed by atoms with E-state index in [9.17, 15) is 14.0 Å². The maximum atomic E-state index is 13.1. The highest BCUT2D eigenvalue weighted by molar-refractivity contribution is 6.30. The molecule has 0 spiro atoms. The molecule has 146 valence electrons. The third kappa shape index (κ3) is 3.69. The number of carbonyl (C=O) groups is 2. The number of hydrogen-bond donors (Lipinski definition) is 0. The van der Waals surface area contributed by atoms with Gasteiger partial charge in [0.25, 0.3) is 5.91 Å². The number of ether oxygens (including phenoxy) is 1. The van der Waals surface area contributed by atoms with Crippen molar-refractivity contribution in [3.63, 3.8) is 0 Å². The van der Waals surface area contributed by atoms with Gasteiger partial charge < -0.3 is 14.5 Å². The Bertz CT molecular complexity index is 903. The molecule has 28 heavy (non-hydrogen) atoms. The van der Waals surface area contributed by atoms with Crippen molar-refractivity contribution in [2.24, 2.45) is 0 Å². The molecule has 2 aliphatic rings. The molecule has 0 aliphatic carbocycles. The van der Waals surface area contributed by atoms with Gasteiger partial charge in [-0.05, 0) is 48.9 Å². The quantitative estimate of drug-likeness (QED) is 0.774. The van der Waals surface area contributed by atoms with E-state index >= 15 is 0 Å². The van der Waals surface area contributed by atoms with Gasteiger partial charge in [0.2, 0.25) is 5.91 Å². The van der Waals surface area contributed by atoms with E-state index in [-0.39, 0.29) is 23.5 Å². The van der Waals surface area contributed by atoms with E-state index in [0.29, 0.717) is 55.5 Å². The molecule has 1 unspecified atom stereocenters. The molecular weight excluding hydrogens is 383 g/mol. The minimum atomic E-state index is -0.372. The van der Waals surface area contributed by atoms with Crippen LogP contribution in [0.2, 0.25) is 5.02 Å². The van der Waals surface area contributed by atoms with Gasteiger partial charge in [-0.3, -0.25) is 9.59 Å². The molecule has 1 saturated heterocycles. The fraction of sp³-hybridized carbons (Fsp3) is 0.333. The topological polar surface area (TPSA) is 49.9 Å². The lowest BCUT2D eigenvalue weighted by atomic mass is 9.99. The van der Waals surface area contributed by atoms with Crippen molar-refractivity contribution in [2.45, 2.75) is 12.3 Å². The number of rotatable bonds is 2. The number of fused-ring (bicyclic) bond motifs is 1.